The highest BCUT2D eigenvalue weighted by molar-refractivity contribution is 7.99. The maximum absolute atomic E-state index is 13.2. The molecule has 0 unspecified atom stereocenters. The first-order valence-corrected chi connectivity index (χ1v) is 12.7. The summed E-state index contributed by atoms with van der Waals surface area (Å²) in [5, 5.41) is 3.86. The van der Waals surface area contributed by atoms with Crippen molar-refractivity contribution in [2.75, 3.05) is 5.75 Å². The Hall–Kier alpha value is -1.69. The van der Waals surface area contributed by atoms with E-state index in [1.54, 1.807) is 35.7 Å². The van der Waals surface area contributed by atoms with Crippen LogP contribution < -0.4 is 5.32 Å². The highest BCUT2D eigenvalue weighted by Gasteiger charge is 2.26. The number of nitrogens with one attached hydrogen (secondary N) is 1. The van der Waals surface area contributed by atoms with E-state index in [9.17, 15) is 9.59 Å². The van der Waals surface area contributed by atoms with Gasteiger partial charge in [0, 0.05) is 18.3 Å². The van der Waals surface area contributed by atoms with E-state index >= 15 is 0 Å². The van der Waals surface area contributed by atoms with E-state index < -0.39 is 6.04 Å². The van der Waals surface area contributed by atoms with Crippen molar-refractivity contribution in [3.8, 4) is 0 Å². The van der Waals surface area contributed by atoms with E-state index in [2.05, 4.69) is 37.4 Å². The van der Waals surface area contributed by atoms with Crippen molar-refractivity contribution in [2.24, 2.45) is 0 Å². The Bertz CT molecular complexity index is 931. The van der Waals surface area contributed by atoms with Crippen molar-refractivity contribution in [1.29, 1.82) is 0 Å². The molecule has 0 bridgehead atoms. The number of hydrogen-bond donors (Lipinski definition) is 1. The second kappa shape index (κ2) is 12.5. The Morgan fingerprint density at radius 2 is 1.66 bits per heavy atom. The molecule has 2 amide bonds. The molecule has 0 fully saturated rings. The minimum atomic E-state index is -0.604. The van der Waals surface area contributed by atoms with Crippen molar-refractivity contribution in [2.45, 2.75) is 65.4 Å². The summed E-state index contributed by atoms with van der Waals surface area (Å²) in [6.45, 7) is 10.2. The number of amides is 2. The second-order valence-corrected chi connectivity index (χ2v) is 10.1. The number of nitrogens with zero attached hydrogens (tertiary/aromatic N) is 1. The minimum absolute atomic E-state index is 0.0470. The summed E-state index contributed by atoms with van der Waals surface area (Å²) in [6, 6.07) is 11.1. The molecule has 0 saturated heterocycles. The molecule has 1 N–H and O–H groups in total. The highest BCUT2D eigenvalue weighted by atomic mass is 35.5. The van der Waals surface area contributed by atoms with Gasteiger partial charge in [-0.1, -0.05) is 65.5 Å². The van der Waals surface area contributed by atoms with Gasteiger partial charge in [0.15, 0.2) is 0 Å². The summed E-state index contributed by atoms with van der Waals surface area (Å²) in [5.74, 6) is 0.779. The number of carbonyl (C=O) groups is 2. The third-order valence-corrected chi connectivity index (χ3v) is 7.01. The average Bonchev–Trinajstić information content (AvgIpc) is 2.73. The molecular formula is C25H32Cl2N2O2S. The summed E-state index contributed by atoms with van der Waals surface area (Å²) >= 11 is 13.8. The van der Waals surface area contributed by atoms with E-state index in [4.69, 9.17) is 23.2 Å². The van der Waals surface area contributed by atoms with Crippen LogP contribution in [-0.2, 0) is 21.9 Å². The maximum atomic E-state index is 13.2. The van der Waals surface area contributed by atoms with E-state index in [0.29, 0.717) is 10.0 Å². The molecule has 2 atom stereocenters. The minimum Gasteiger partial charge on any atom is -0.352 e. The Morgan fingerprint density at radius 3 is 2.25 bits per heavy atom. The average molecular weight is 496 g/mol. The Kier molecular flexibility index (Phi) is 10.4. The van der Waals surface area contributed by atoms with Crippen molar-refractivity contribution in [1.82, 2.24) is 10.2 Å². The van der Waals surface area contributed by atoms with E-state index in [-0.39, 0.29) is 30.2 Å². The normalized spacial score (nSPS) is 12.8. The SMILES string of the molecule is CC[C@@H](C)NC(=O)[C@@H](C)N(Cc1ccc(Cl)c(Cl)c1)C(=O)CSCc1cc(C)cc(C)c1. The molecule has 0 heterocycles. The van der Waals surface area contributed by atoms with Crippen molar-refractivity contribution >= 4 is 46.8 Å². The molecule has 0 aromatic heterocycles. The fraction of sp³-hybridized carbons (Fsp3) is 0.440. The Balaban J connectivity index is 2.13. The van der Waals surface area contributed by atoms with Gasteiger partial charge in [-0.15, -0.1) is 11.8 Å². The summed E-state index contributed by atoms with van der Waals surface area (Å²) in [4.78, 5) is 27.6. The van der Waals surface area contributed by atoms with Crippen molar-refractivity contribution in [3.05, 3.63) is 68.7 Å². The van der Waals surface area contributed by atoms with Crippen LogP contribution in [-0.4, -0.2) is 34.6 Å². The molecular weight excluding hydrogens is 463 g/mol. The van der Waals surface area contributed by atoms with E-state index in [1.165, 1.54) is 16.7 Å². The molecule has 0 aliphatic carbocycles. The first-order valence-electron chi connectivity index (χ1n) is 10.8. The van der Waals surface area contributed by atoms with Crippen LogP contribution in [0, 0.1) is 13.8 Å². The summed E-state index contributed by atoms with van der Waals surface area (Å²) in [7, 11) is 0. The van der Waals surface area contributed by atoms with Crippen LogP contribution >= 0.6 is 35.0 Å². The lowest BCUT2D eigenvalue weighted by Crippen LogP contribution is -2.50. The number of hydrogen-bond acceptors (Lipinski definition) is 3. The number of rotatable bonds is 10. The standard InChI is InChI=1S/C25H32Cl2N2O2S/c1-6-18(4)28-25(31)19(5)29(13-20-7-8-22(26)23(27)12-20)24(30)15-32-14-21-10-16(2)9-17(3)11-21/h7-12,18-19H,6,13-15H2,1-5H3,(H,28,31)/t18-,19-/m1/s1. The first kappa shape index (κ1) is 26.6. The molecule has 174 valence electrons. The van der Waals surface area contributed by atoms with Crippen LogP contribution in [0.3, 0.4) is 0 Å². The summed E-state index contributed by atoms with van der Waals surface area (Å²) in [5.41, 5.74) is 4.45. The quantitative estimate of drug-likeness (QED) is 0.429. The van der Waals surface area contributed by atoms with Crippen LogP contribution in [0.1, 0.15) is 49.4 Å². The van der Waals surface area contributed by atoms with Gasteiger partial charge in [-0.25, -0.2) is 0 Å². The van der Waals surface area contributed by atoms with Crippen molar-refractivity contribution < 1.29 is 9.59 Å². The van der Waals surface area contributed by atoms with Gasteiger partial charge < -0.3 is 10.2 Å². The maximum Gasteiger partial charge on any atom is 0.242 e. The Labute approximate surface area is 206 Å². The number of thioether (sulfide) groups is 1. The predicted octanol–water partition coefficient (Wildman–Crippen LogP) is 6.18. The fourth-order valence-corrected chi connectivity index (χ4v) is 4.54. The zero-order valence-electron chi connectivity index (χ0n) is 19.4. The number of aryl methyl sites for hydroxylation is 2. The van der Waals surface area contributed by atoms with Crippen LogP contribution in [0.15, 0.2) is 36.4 Å². The molecule has 4 nitrogen and oxygen atoms in total. The van der Waals surface area contributed by atoms with Crippen molar-refractivity contribution in [3.63, 3.8) is 0 Å². The molecule has 0 spiro atoms. The van der Waals surface area contributed by atoms with Crippen LogP contribution in [0.5, 0.6) is 0 Å². The van der Waals surface area contributed by atoms with Gasteiger partial charge in [-0.05, 0) is 57.4 Å². The number of benzene rings is 2. The lowest BCUT2D eigenvalue weighted by atomic mass is 10.1. The van der Waals surface area contributed by atoms with Crippen LogP contribution in [0.25, 0.3) is 0 Å². The summed E-state index contributed by atoms with van der Waals surface area (Å²) < 4.78 is 0. The molecule has 0 aliphatic rings. The zero-order valence-corrected chi connectivity index (χ0v) is 21.7. The van der Waals surface area contributed by atoms with Gasteiger partial charge in [-0.3, -0.25) is 9.59 Å². The van der Waals surface area contributed by atoms with Crippen LogP contribution in [0.2, 0.25) is 10.0 Å². The highest BCUT2D eigenvalue weighted by Crippen LogP contribution is 2.24. The fourth-order valence-electron chi connectivity index (χ4n) is 3.37. The Morgan fingerprint density at radius 1 is 1.00 bits per heavy atom. The van der Waals surface area contributed by atoms with Gasteiger partial charge in [0.2, 0.25) is 11.8 Å². The zero-order chi connectivity index (χ0) is 23.8. The molecule has 7 heteroatoms. The van der Waals surface area contributed by atoms with Gasteiger partial charge in [0.25, 0.3) is 0 Å². The summed E-state index contributed by atoms with van der Waals surface area (Å²) in [6.07, 6.45) is 0.824. The van der Waals surface area contributed by atoms with E-state index in [1.807, 2.05) is 19.9 Å². The van der Waals surface area contributed by atoms with Crippen LogP contribution in [0.4, 0.5) is 0 Å². The molecule has 0 saturated carbocycles. The topological polar surface area (TPSA) is 49.4 Å². The molecule has 2 aromatic rings. The molecule has 0 aliphatic heterocycles. The van der Waals surface area contributed by atoms with Gasteiger partial charge >= 0.3 is 0 Å². The van der Waals surface area contributed by atoms with Gasteiger partial charge in [0.05, 0.1) is 15.8 Å². The van der Waals surface area contributed by atoms with Gasteiger partial charge in [0.1, 0.15) is 6.04 Å². The predicted molar refractivity (Wildman–Crippen MR) is 136 cm³/mol. The lowest BCUT2D eigenvalue weighted by Gasteiger charge is -2.29. The molecule has 2 rings (SSSR count). The number of halogens is 2. The van der Waals surface area contributed by atoms with Gasteiger partial charge in [-0.2, -0.15) is 0 Å². The smallest absolute Gasteiger partial charge is 0.242 e. The molecule has 0 radical (unpaired) electrons. The third kappa shape index (κ3) is 8.02. The number of carbonyl (C=O) groups excluding carboxylic acids is 2. The first-order chi connectivity index (χ1) is 15.1. The van der Waals surface area contributed by atoms with E-state index in [0.717, 1.165) is 17.7 Å². The molecule has 2 aromatic carbocycles. The second-order valence-electron chi connectivity index (χ2n) is 8.25. The monoisotopic (exact) mass is 494 g/mol. The lowest BCUT2D eigenvalue weighted by molar-refractivity contribution is -0.138. The largest absolute Gasteiger partial charge is 0.352 e. The third-order valence-electron chi connectivity index (χ3n) is 5.28. The molecule has 32 heavy (non-hydrogen) atoms.